The SMILES string of the molecule is CCC(N)c1nc(-c2ccccc2OC)cs1. The Kier molecular flexibility index (Phi) is 3.76. The summed E-state index contributed by atoms with van der Waals surface area (Å²) >= 11 is 1.60. The molecule has 0 radical (unpaired) electrons. The van der Waals surface area contributed by atoms with E-state index in [-0.39, 0.29) is 6.04 Å². The number of ether oxygens (including phenoxy) is 1. The average molecular weight is 248 g/mol. The number of nitrogens with zero attached hydrogens (tertiary/aromatic N) is 1. The summed E-state index contributed by atoms with van der Waals surface area (Å²) in [6.45, 7) is 2.06. The maximum atomic E-state index is 5.97. The molecule has 0 saturated carbocycles. The van der Waals surface area contributed by atoms with Gasteiger partial charge in [-0.1, -0.05) is 19.1 Å². The minimum atomic E-state index is 0.0310. The fourth-order valence-corrected chi connectivity index (χ4v) is 2.52. The van der Waals surface area contributed by atoms with E-state index in [1.165, 1.54) is 0 Å². The van der Waals surface area contributed by atoms with E-state index in [1.807, 2.05) is 29.6 Å². The van der Waals surface area contributed by atoms with Crippen LogP contribution in [0.2, 0.25) is 0 Å². The second kappa shape index (κ2) is 5.29. The molecule has 90 valence electrons. The highest BCUT2D eigenvalue weighted by atomic mass is 32.1. The minimum Gasteiger partial charge on any atom is -0.496 e. The normalized spacial score (nSPS) is 12.4. The molecule has 2 rings (SSSR count). The highest BCUT2D eigenvalue weighted by Gasteiger charge is 2.12. The van der Waals surface area contributed by atoms with Gasteiger partial charge < -0.3 is 10.5 Å². The Hall–Kier alpha value is -1.39. The Labute approximate surface area is 105 Å². The molecule has 1 aromatic heterocycles. The van der Waals surface area contributed by atoms with Gasteiger partial charge in [0, 0.05) is 10.9 Å². The molecule has 1 aromatic carbocycles. The Balaban J connectivity index is 2.37. The minimum absolute atomic E-state index is 0.0310. The van der Waals surface area contributed by atoms with Crippen LogP contribution >= 0.6 is 11.3 Å². The van der Waals surface area contributed by atoms with E-state index >= 15 is 0 Å². The van der Waals surface area contributed by atoms with Gasteiger partial charge >= 0.3 is 0 Å². The zero-order valence-electron chi connectivity index (χ0n) is 10.0. The maximum absolute atomic E-state index is 5.97. The molecule has 1 unspecified atom stereocenters. The smallest absolute Gasteiger partial charge is 0.128 e. The predicted octanol–water partition coefficient (Wildman–Crippen LogP) is 3.23. The number of methoxy groups -OCH3 is 1. The molecule has 0 saturated heterocycles. The fraction of sp³-hybridized carbons (Fsp3) is 0.308. The average Bonchev–Trinajstić information content (AvgIpc) is 2.87. The molecule has 3 nitrogen and oxygen atoms in total. The monoisotopic (exact) mass is 248 g/mol. The maximum Gasteiger partial charge on any atom is 0.128 e. The summed E-state index contributed by atoms with van der Waals surface area (Å²) in [7, 11) is 1.67. The van der Waals surface area contributed by atoms with Crippen molar-refractivity contribution < 1.29 is 4.74 Å². The number of para-hydroxylation sites is 1. The molecule has 0 spiro atoms. The number of benzene rings is 1. The van der Waals surface area contributed by atoms with E-state index in [9.17, 15) is 0 Å². The summed E-state index contributed by atoms with van der Waals surface area (Å²) in [6.07, 6.45) is 0.902. The van der Waals surface area contributed by atoms with Crippen molar-refractivity contribution >= 4 is 11.3 Å². The number of aromatic nitrogens is 1. The van der Waals surface area contributed by atoms with E-state index in [1.54, 1.807) is 18.4 Å². The molecule has 17 heavy (non-hydrogen) atoms. The van der Waals surface area contributed by atoms with Gasteiger partial charge in [-0.2, -0.15) is 0 Å². The van der Waals surface area contributed by atoms with Crippen LogP contribution in [-0.4, -0.2) is 12.1 Å². The molecule has 0 aliphatic heterocycles. The largest absolute Gasteiger partial charge is 0.496 e. The summed E-state index contributed by atoms with van der Waals surface area (Å²) in [4.78, 5) is 4.57. The molecule has 4 heteroatoms. The Bertz CT molecular complexity index is 496. The third-order valence-electron chi connectivity index (χ3n) is 2.66. The number of hydrogen-bond acceptors (Lipinski definition) is 4. The quantitative estimate of drug-likeness (QED) is 0.903. The number of rotatable bonds is 4. The molecule has 2 aromatic rings. The molecule has 1 heterocycles. The van der Waals surface area contributed by atoms with Crippen LogP contribution in [0.4, 0.5) is 0 Å². The Morgan fingerprint density at radius 3 is 2.88 bits per heavy atom. The van der Waals surface area contributed by atoms with Gasteiger partial charge in [-0.3, -0.25) is 0 Å². The van der Waals surface area contributed by atoms with Gasteiger partial charge in [0.2, 0.25) is 0 Å². The molecule has 0 aliphatic rings. The van der Waals surface area contributed by atoms with Crippen molar-refractivity contribution in [3.63, 3.8) is 0 Å². The second-order valence-corrected chi connectivity index (χ2v) is 4.68. The van der Waals surface area contributed by atoms with Crippen molar-refractivity contribution in [3.05, 3.63) is 34.7 Å². The van der Waals surface area contributed by atoms with E-state index in [0.717, 1.165) is 28.4 Å². The highest BCUT2D eigenvalue weighted by Crippen LogP contribution is 2.31. The van der Waals surface area contributed by atoms with Crippen LogP contribution < -0.4 is 10.5 Å². The first-order valence-corrected chi connectivity index (χ1v) is 6.48. The molecule has 0 bridgehead atoms. The van der Waals surface area contributed by atoms with Crippen LogP contribution in [0, 0.1) is 0 Å². The fourth-order valence-electron chi connectivity index (χ4n) is 1.61. The lowest BCUT2D eigenvalue weighted by Crippen LogP contribution is -2.07. The van der Waals surface area contributed by atoms with E-state index in [0.29, 0.717) is 0 Å². The Morgan fingerprint density at radius 1 is 1.41 bits per heavy atom. The van der Waals surface area contributed by atoms with Gasteiger partial charge in [0.05, 0.1) is 18.8 Å². The number of hydrogen-bond donors (Lipinski definition) is 1. The lowest BCUT2D eigenvalue weighted by Gasteiger charge is -2.06. The first kappa shape index (κ1) is 12.1. The predicted molar refractivity (Wildman–Crippen MR) is 71.3 cm³/mol. The highest BCUT2D eigenvalue weighted by molar-refractivity contribution is 7.10. The molecule has 0 aliphatic carbocycles. The van der Waals surface area contributed by atoms with Crippen LogP contribution in [0.3, 0.4) is 0 Å². The molecular formula is C13H16N2OS. The summed E-state index contributed by atoms with van der Waals surface area (Å²) in [5, 5.41) is 3.01. The lowest BCUT2D eigenvalue weighted by atomic mass is 10.1. The number of thiazole rings is 1. The summed E-state index contributed by atoms with van der Waals surface area (Å²) in [6, 6.07) is 7.91. The topological polar surface area (TPSA) is 48.1 Å². The van der Waals surface area contributed by atoms with Crippen LogP contribution in [0.1, 0.15) is 24.4 Å². The van der Waals surface area contributed by atoms with Gasteiger partial charge in [0.1, 0.15) is 10.8 Å². The zero-order valence-corrected chi connectivity index (χ0v) is 10.8. The van der Waals surface area contributed by atoms with Crippen molar-refractivity contribution in [1.29, 1.82) is 0 Å². The zero-order chi connectivity index (χ0) is 12.3. The summed E-state index contributed by atoms with van der Waals surface area (Å²) in [5.74, 6) is 0.842. The standard InChI is InChI=1S/C13H16N2OS/c1-3-10(14)13-15-11(8-17-13)9-6-4-5-7-12(9)16-2/h4-8,10H,3,14H2,1-2H3. The third-order valence-corrected chi connectivity index (χ3v) is 3.64. The molecule has 0 amide bonds. The van der Waals surface area contributed by atoms with Crippen molar-refractivity contribution in [2.45, 2.75) is 19.4 Å². The first-order chi connectivity index (χ1) is 8.26. The van der Waals surface area contributed by atoms with Crippen LogP contribution in [0.5, 0.6) is 5.75 Å². The van der Waals surface area contributed by atoms with Crippen LogP contribution in [-0.2, 0) is 0 Å². The third kappa shape index (κ3) is 2.48. The van der Waals surface area contributed by atoms with Crippen molar-refractivity contribution in [2.24, 2.45) is 5.73 Å². The van der Waals surface area contributed by atoms with Crippen LogP contribution in [0.15, 0.2) is 29.6 Å². The first-order valence-electron chi connectivity index (χ1n) is 5.60. The Morgan fingerprint density at radius 2 is 2.18 bits per heavy atom. The number of nitrogens with two attached hydrogens (primary N) is 1. The van der Waals surface area contributed by atoms with E-state index < -0.39 is 0 Å². The van der Waals surface area contributed by atoms with Gasteiger partial charge in [-0.15, -0.1) is 11.3 Å². The van der Waals surface area contributed by atoms with E-state index in [2.05, 4.69) is 11.9 Å². The van der Waals surface area contributed by atoms with Gasteiger partial charge in [0.25, 0.3) is 0 Å². The van der Waals surface area contributed by atoms with Crippen LogP contribution in [0.25, 0.3) is 11.3 Å². The van der Waals surface area contributed by atoms with Gasteiger partial charge in [-0.25, -0.2) is 4.98 Å². The van der Waals surface area contributed by atoms with Gasteiger partial charge in [-0.05, 0) is 18.6 Å². The van der Waals surface area contributed by atoms with E-state index in [4.69, 9.17) is 10.5 Å². The van der Waals surface area contributed by atoms with Crippen molar-refractivity contribution in [2.75, 3.05) is 7.11 Å². The summed E-state index contributed by atoms with van der Waals surface area (Å²) in [5.41, 5.74) is 7.92. The van der Waals surface area contributed by atoms with Crippen molar-refractivity contribution in [1.82, 2.24) is 4.98 Å². The molecule has 2 N–H and O–H groups in total. The summed E-state index contributed by atoms with van der Waals surface area (Å²) < 4.78 is 5.33. The molecule has 0 fully saturated rings. The van der Waals surface area contributed by atoms with Crippen molar-refractivity contribution in [3.8, 4) is 17.0 Å². The second-order valence-electron chi connectivity index (χ2n) is 3.79. The lowest BCUT2D eigenvalue weighted by molar-refractivity contribution is 0.416. The van der Waals surface area contributed by atoms with Gasteiger partial charge in [0.15, 0.2) is 0 Å². The molecule has 1 atom stereocenters. The molecular weight excluding hydrogens is 232 g/mol.